The molecule has 0 aliphatic rings. The molecule has 0 saturated heterocycles. The summed E-state index contributed by atoms with van der Waals surface area (Å²) in [7, 11) is 1.99. The Morgan fingerprint density at radius 3 is 1.90 bits per heavy atom. The Bertz CT molecular complexity index is 456. The molecule has 2 heteroatoms. The van der Waals surface area contributed by atoms with Gasteiger partial charge in [-0.25, -0.2) is 0 Å². The van der Waals surface area contributed by atoms with E-state index in [9.17, 15) is 0 Å². The SMILES string of the molecule is CNC(C)Cc1ccccc1.OCCCc1ccccc1. The van der Waals surface area contributed by atoms with Crippen LogP contribution in [0.15, 0.2) is 60.7 Å². The van der Waals surface area contributed by atoms with Crippen molar-refractivity contribution in [1.29, 1.82) is 0 Å². The van der Waals surface area contributed by atoms with Crippen molar-refractivity contribution in [1.82, 2.24) is 5.32 Å². The molecule has 0 heterocycles. The Labute approximate surface area is 128 Å². The van der Waals surface area contributed by atoms with E-state index >= 15 is 0 Å². The van der Waals surface area contributed by atoms with E-state index in [-0.39, 0.29) is 6.61 Å². The van der Waals surface area contributed by atoms with E-state index in [1.807, 2.05) is 31.3 Å². The first-order chi connectivity index (χ1) is 10.3. The summed E-state index contributed by atoms with van der Waals surface area (Å²) in [6.07, 6.45) is 2.96. The van der Waals surface area contributed by atoms with E-state index < -0.39 is 0 Å². The third-order valence-corrected chi connectivity index (χ3v) is 3.34. The second kappa shape index (κ2) is 11.1. The fourth-order valence-corrected chi connectivity index (χ4v) is 2.00. The van der Waals surface area contributed by atoms with Gasteiger partial charge in [0.15, 0.2) is 0 Å². The van der Waals surface area contributed by atoms with E-state index in [0.717, 1.165) is 19.3 Å². The van der Waals surface area contributed by atoms with Crippen molar-refractivity contribution < 1.29 is 5.11 Å². The first-order valence-electron chi connectivity index (χ1n) is 7.62. The molecule has 1 atom stereocenters. The summed E-state index contributed by atoms with van der Waals surface area (Å²) >= 11 is 0. The van der Waals surface area contributed by atoms with Gasteiger partial charge in [0, 0.05) is 12.6 Å². The standard InChI is InChI=1S/C10H15N.C9H12O/c1-9(11-2)8-10-6-4-3-5-7-10;10-8-4-7-9-5-2-1-3-6-9/h3-7,9,11H,8H2,1-2H3;1-3,5-6,10H,4,7-8H2. The third-order valence-electron chi connectivity index (χ3n) is 3.34. The Hall–Kier alpha value is -1.64. The van der Waals surface area contributed by atoms with Gasteiger partial charge in [0.25, 0.3) is 0 Å². The van der Waals surface area contributed by atoms with Crippen LogP contribution in [0, 0.1) is 0 Å². The number of aryl methyl sites for hydroxylation is 1. The van der Waals surface area contributed by atoms with Crippen molar-refractivity contribution >= 4 is 0 Å². The van der Waals surface area contributed by atoms with Crippen LogP contribution in [0.4, 0.5) is 0 Å². The molecule has 0 fully saturated rings. The number of aliphatic hydroxyl groups excluding tert-OH is 1. The van der Waals surface area contributed by atoms with Crippen LogP contribution in [-0.4, -0.2) is 24.8 Å². The number of hydrogen-bond acceptors (Lipinski definition) is 2. The Morgan fingerprint density at radius 2 is 1.43 bits per heavy atom. The molecule has 2 aromatic carbocycles. The molecule has 2 rings (SSSR count). The van der Waals surface area contributed by atoms with Gasteiger partial charge < -0.3 is 10.4 Å². The molecular formula is C19H27NO. The number of likely N-dealkylation sites (N-methyl/N-ethyl adjacent to an activating group) is 1. The van der Waals surface area contributed by atoms with Crippen molar-refractivity contribution in [2.24, 2.45) is 0 Å². The van der Waals surface area contributed by atoms with Crippen LogP contribution in [0.25, 0.3) is 0 Å². The molecule has 0 amide bonds. The van der Waals surface area contributed by atoms with E-state index in [0.29, 0.717) is 6.04 Å². The molecular weight excluding hydrogens is 258 g/mol. The second-order valence-electron chi connectivity index (χ2n) is 5.19. The lowest BCUT2D eigenvalue weighted by Crippen LogP contribution is -2.23. The minimum atomic E-state index is 0.287. The summed E-state index contributed by atoms with van der Waals surface area (Å²) in [5.41, 5.74) is 2.70. The lowest BCUT2D eigenvalue weighted by Gasteiger charge is -2.08. The van der Waals surface area contributed by atoms with Crippen LogP contribution in [0.2, 0.25) is 0 Å². The average Bonchev–Trinajstić information content (AvgIpc) is 2.55. The zero-order valence-electron chi connectivity index (χ0n) is 13.1. The van der Waals surface area contributed by atoms with Gasteiger partial charge in [-0.3, -0.25) is 0 Å². The summed E-state index contributed by atoms with van der Waals surface area (Å²) in [6.45, 7) is 2.47. The maximum atomic E-state index is 8.53. The van der Waals surface area contributed by atoms with Crippen LogP contribution in [0.3, 0.4) is 0 Å². The molecule has 0 spiro atoms. The number of hydrogen-bond donors (Lipinski definition) is 2. The highest BCUT2D eigenvalue weighted by molar-refractivity contribution is 5.15. The molecule has 0 radical (unpaired) electrons. The van der Waals surface area contributed by atoms with Crippen molar-refractivity contribution in [2.45, 2.75) is 32.2 Å². The van der Waals surface area contributed by atoms with Crippen molar-refractivity contribution in [2.75, 3.05) is 13.7 Å². The van der Waals surface area contributed by atoms with Gasteiger partial charge in [-0.05, 0) is 44.4 Å². The summed E-state index contributed by atoms with van der Waals surface area (Å²) in [6, 6.07) is 21.3. The van der Waals surface area contributed by atoms with E-state index in [4.69, 9.17) is 5.11 Å². The Kier molecular flexibility index (Phi) is 9.18. The van der Waals surface area contributed by atoms with Crippen LogP contribution < -0.4 is 5.32 Å². The predicted octanol–water partition coefficient (Wildman–Crippen LogP) is 3.45. The zero-order valence-corrected chi connectivity index (χ0v) is 13.1. The van der Waals surface area contributed by atoms with Gasteiger partial charge in [-0.1, -0.05) is 60.7 Å². The summed E-state index contributed by atoms with van der Waals surface area (Å²) in [5, 5.41) is 11.7. The molecule has 0 saturated carbocycles. The van der Waals surface area contributed by atoms with Gasteiger partial charge in [0.1, 0.15) is 0 Å². The van der Waals surface area contributed by atoms with Gasteiger partial charge in [-0.2, -0.15) is 0 Å². The van der Waals surface area contributed by atoms with Crippen LogP contribution >= 0.6 is 0 Å². The molecule has 2 aromatic rings. The van der Waals surface area contributed by atoms with E-state index in [2.05, 4.69) is 48.6 Å². The Morgan fingerprint density at radius 1 is 0.905 bits per heavy atom. The molecule has 21 heavy (non-hydrogen) atoms. The topological polar surface area (TPSA) is 32.3 Å². The zero-order chi connectivity index (χ0) is 15.3. The second-order valence-corrected chi connectivity index (χ2v) is 5.19. The molecule has 0 bridgehead atoms. The molecule has 0 aliphatic carbocycles. The highest BCUT2D eigenvalue weighted by Gasteiger charge is 1.97. The van der Waals surface area contributed by atoms with Crippen LogP contribution in [0.5, 0.6) is 0 Å². The van der Waals surface area contributed by atoms with Crippen LogP contribution in [-0.2, 0) is 12.8 Å². The summed E-state index contributed by atoms with van der Waals surface area (Å²) < 4.78 is 0. The largest absolute Gasteiger partial charge is 0.396 e. The lowest BCUT2D eigenvalue weighted by atomic mass is 10.1. The van der Waals surface area contributed by atoms with Crippen molar-refractivity contribution in [3.05, 3.63) is 71.8 Å². The van der Waals surface area contributed by atoms with Gasteiger partial charge in [-0.15, -0.1) is 0 Å². The molecule has 0 aromatic heterocycles. The first-order valence-corrected chi connectivity index (χ1v) is 7.62. The Balaban J connectivity index is 0.000000211. The van der Waals surface area contributed by atoms with Crippen molar-refractivity contribution in [3.8, 4) is 0 Å². The number of aliphatic hydroxyl groups is 1. The summed E-state index contributed by atoms with van der Waals surface area (Å²) in [4.78, 5) is 0. The smallest absolute Gasteiger partial charge is 0.0434 e. The maximum absolute atomic E-state index is 8.53. The monoisotopic (exact) mass is 285 g/mol. The minimum absolute atomic E-state index is 0.287. The van der Waals surface area contributed by atoms with Gasteiger partial charge >= 0.3 is 0 Å². The number of nitrogens with one attached hydrogen (secondary N) is 1. The summed E-state index contributed by atoms with van der Waals surface area (Å²) in [5.74, 6) is 0. The van der Waals surface area contributed by atoms with Gasteiger partial charge in [0.05, 0.1) is 0 Å². The first kappa shape index (κ1) is 17.4. The molecule has 1 unspecified atom stereocenters. The molecule has 2 nitrogen and oxygen atoms in total. The van der Waals surface area contributed by atoms with Gasteiger partial charge in [0.2, 0.25) is 0 Å². The average molecular weight is 285 g/mol. The normalized spacial score (nSPS) is 11.4. The number of rotatable bonds is 6. The highest BCUT2D eigenvalue weighted by Crippen LogP contribution is 2.02. The fraction of sp³-hybridized carbons (Fsp3) is 0.368. The van der Waals surface area contributed by atoms with Crippen LogP contribution in [0.1, 0.15) is 24.5 Å². The van der Waals surface area contributed by atoms with E-state index in [1.54, 1.807) is 0 Å². The molecule has 2 N–H and O–H groups in total. The van der Waals surface area contributed by atoms with E-state index in [1.165, 1.54) is 11.1 Å². The molecule has 114 valence electrons. The van der Waals surface area contributed by atoms with Crippen molar-refractivity contribution in [3.63, 3.8) is 0 Å². The number of benzene rings is 2. The lowest BCUT2D eigenvalue weighted by molar-refractivity contribution is 0.288. The predicted molar refractivity (Wildman–Crippen MR) is 90.5 cm³/mol. The highest BCUT2D eigenvalue weighted by atomic mass is 16.2. The maximum Gasteiger partial charge on any atom is 0.0434 e. The fourth-order valence-electron chi connectivity index (χ4n) is 2.00. The third kappa shape index (κ3) is 8.28. The molecule has 0 aliphatic heterocycles. The minimum Gasteiger partial charge on any atom is -0.396 e. The quantitative estimate of drug-likeness (QED) is 0.852.